The van der Waals surface area contributed by atoms with Crippen LogP contribution in [-0.4, -0.2) is 5.78 Å². The molecule has 2 aliphatic carbocycles. The number of fused-ring (bicyclic) bond motifs is 4. The molecule has 0 aliphatic heterocycles. The lowest BCUT2D eigenvalue weighted by atomic mass is 9.63. The molecule has 4 aromatic carbocycles. The van der Waals surface area contributed by atoms with Crippen molar-refractivity contribution >= 4 is 34.3 Å². The van der Waals surface area contributed by atoms with E-state index < -0.39 is 5.41 Å². The van der Waals surface area contributed by atoms with Crippen LogP contribution in [-0.2, 0) is 10.2 Å². The van der Waals surface area contributed by atoms with E-state index in [2.05, 4.69) is 109 Å². The van der Waals surface area contributed by atoms with Crippen molar-refractivity contribution in [1.29, 1.82) is 0 Å². The van der Waals surface area contributed by atoms with Gasteiger partial charge in [-0.2, -0.15) is 0 Å². The lowest BCUT2D eigenvalue weighted by Crippen LogP contribution is -2.38. The minimum atomic E-state index is -0.902. The van der Waals surface area contributed by atoms with Crippen molar-refractivity contribution in [3.05, 3.63) is 160 Å². The van der Waals surface area contributed by atoms with Gasteiger partial charge in [-0.3, -0.25) is 4.79 Å². The van der Waals surface area contributed by atoms with Gasteiger partial charge in [0.25, 0.3) is 0 Å². The van der Waals surface area contributed by atoms with Gasteiger partial charge in [-0.05, 0) is 73.7 Å². The first-order valence-electron chi connectivity index (χ1n) is 12.1. The maximum absolute atomic E-state index is 14.3. The zero-order chi connectivity index (χ0) is 24.1. The van der Waals surface area contributed by atoms with Crippen LogP contribution >= 0.6 is 11.3 Å². The Bertz CT molecular complexity index is 1670. The molecule has 0 radical (unpaired) electrons. The van der Waals surface area contributed by atoms with Gasteiger partial charge < -0.3 is 0 Å². The molecule has 1 nitrogen and oxygen atoms in total. The van der Waals surface area contributed by atoms with E-state index in [1.54, 1.807) is 17.4 Å². The summed E-state index contributed by atoms with van der Waals surface area (Å²) in [6.45, 7) is 0. The molecule has 1 unspecified atom stereocenters. The van der Waals surface area contributed by atoms with Gasteiger partial charge in [0.2, 0.25) is 0 Å². The van der Waals surface area contributed by atoms with E-state index in [0.29, 0.717) is 0 Å². The highest BCUT2D eigenvalue weighted by Crippen LogP contribution is 2.59. The average Bonchev–Trinajstić information content (AvgIpc) is 3.58. The van der Waals surface area contributed by atoms with Crippen molar-refractivity contribution in [2.75, 3.05) is 0 Å². The molecule has 0 saturated heterocycles. The molecule has 1 atom stereocenters. The Hall–Kier alpha value is -4.27. The Morgan fingerprint density at radius 1 is 0.583 bits per heavy atom. The van der Waals surface area contributed by atoms with Gasteiger partial charge in [-0.1, -0.05) is 109 Å². The summed E-state index contributed by atoms with van der Waals surface area (Å²) in [5, 5.41) is 2.10. The van der Waals surface area contributed by atoms with Gasteiger partial charge >= 0.3 is 0 Å². The number of carbonyl (C=O) groups is 1. The van der Waals surface area contributed by atoms with Crippen LogP contribution in [0.4, 0.5) is 0 Å². The minimum Gasteiger partial charge on any atom is -0.293 e. The molecule has 0 amide bonds. The number of carbonyl (C=O) groups excluding carboxylic acids is 1. The van der Waals surface area contributed by atoms with Gasteiger partial charge in [0, 0.05) is 4.88 Å². The maximum atomic E-state index is 14.3. The van der Waals surface area contributed by atoms with Crippen LogP contribution < -0.4 is 0 Å². The predicted molar refractivity (Wildman–Crippen MR) is 150 cm³/mol. The number of rotatable bonds is 3. The van der Waals surface area contributed by atoms with Crippen molar-refractivity contribution < 1.29 is 4.79 Å². The third-order valence-electron chi connectivity index (χ3n) is 7.40. The number of thiophene rings is 1. The Morgan fingerprint density at radius 3 is 2.06 bits per heavy atom. The highest BCUT2D eigenvalue weighted by atomic mass is 32.1. The zero-order valence-corrected chi connectivity index (χ0v) is 20.3. The summed E-state index contributed by atoms with van der Waals surface area (Å²) in [6, 6.07) is 40.2. The van der Waals surface area contributed by atoms with Gasteiger partial charge in [0.15, 0.2) is 5.78 Å². The van der Waals surface area contributed by atoms with Crippen molar-refractivity contribution in [3.8, 4) is 10.4 Å². The summed E-state index contributed by atoms with van der Waals surface area (Å²) in [5.74, 6) is 0.108. The Morgan fingerprint density at radius 2 is 1.31 bits per heavy atom. The molecule has 1 heterocycles. The van der Waals surface area contributed by atoms with Gasteiger partial charge in [0.05, 0.1) is 0 Å². The molecular weight excluding hydrogens is 456 g/mol. The normalized spacial score (nSPS) is 17.9. The molecule has 0 N–H and O–H groups in total. The molecule has 36 heavy (non-hydrogen) atoms. The lowest BCUT2D eigenvalue weighted by Gasteiger charge is -2.36. The van der Waals surface area contributed by atoms with Crippen LogP contribution in [0.2, 0.25) is 0 Å². The Balaban J connectivity index is 1.61. The minimum absolute atomic E-state index is 0.108. The van der Waals surface area contributed by atoms with Crippen LogP contribution in [0.15, 0.2) is 127 Å². The molecule has 1 aromatic heterocycles. The fourth-order valence-electron chi connectivity index (χ4n) is 5.95. The quantitative estimate of drug-likeness (QED) is 0.255. The summed E-state index contributed by atoms with van der Waals surface area (Å²) in [6.07, 6.45) is 3.78. The monoisotopic (exact) mass is 478 g/mol. The largest absolute Gasteiger partial charge is 0.293 e. The van der Waals surface area contributed by atoms with E-state index in [9.17, 15) is 4.79 Å². The van der Waals surface area contributed by atoms with E-state index in [0.717, 1.165) is 44.5 Å². The number of allylic oxidation sites excluding steroid dienone is 2. The standard InChI is InChI=1S/C34H22OS/c35-31-20-18-25-22-26(30-16-9-21-36-30)17-19-28(25)34(31)29-15-8-7-14-27(29)32(23-10-3-1-4-11-23)33(34)24-12-5-2-6-13-24/h1-22H. The van der Waals surface area contributed by atoms with Crippen molar-refractivity contribution in [2.45, 2.75) is 5.41 Å². The first kappa shape index (κ1) is 21.0. The number of hydrogen-bond donors (Lipinski definition) is 0. The first-order valence-corrected chi connectivity index (χ1v) is 13.0. The Labute approximate surface area is 214 Å². The number of hydrogen-bond acceptors (Lipinski definition) is 2. The second-order valence-corrected chi connectivity index (χ2v) is 10.2. The molecule has 1 spiro atoms. The molecule has 170 valence electrons. The molecule has 2 heteroatoms. The van der Waals surface area contributed by atoms with Crippen LogP contribution in [0.25, 0.3) is 27.7 Å². The van der Waals surface area contributed by atoms with Gasteiger partial charge in [-0.15, -0.1) is 11.3 Å². The summed E-state index contributed by atoms with van der Waals surface area (Å²) in [7, 11) is 0. The summed E-state index contributed by atoms with van der Waals surface area (Å²) < 4.78 is 0. The van der Waals surface area contributed by atoms with E-state index in [1.807, 2.05) is 18.2 Å². The first-order chi connectivity index (χ1) is 17.8. The SMILES string of the molecule is O=C1C=Cc2cc(-c3cccs3)ccc2C12C(c1ccccc1)=C(c1ccccc1)c1ccccc12. The predicted octanol–water partition coefficient (Wildman–Crippen LogP) is 8.27. The number of benzene rings is 4. The van der Waals surface area contributed by atoms with Gasteiger partial charge in [0.1, 0.15) is 5.41 Å². The van der Waals surface area contributed by atoms with Crippen LogP contribution in [0.3, 0.4) is 0 Å². The highest BCUT2D eigenvalue weighted by molar-refractivity contribution is 7.13. The molecule has 0 fully saturated rings. The van der Waals surface area contributed by atoms with Crippen molar-refractivity contribution in [3.63, 3.8) is 0 Å². The molecular formula is C34H22OS. The van der Waals surface area contributed by atoms with Crippen molar-refractivity contribution in [1.82, 2.24) is 0 Å². The van der Waals surface area contributed by atoms with E-state index >= 15 is 0 Å². The van der Waals surface area contributed by atoms with Crippen molar-refractivity contribution in [2.24, 2.45) is 0 Å². The number of ketones is 1. The molecule has 2 aliphatic rings. The van der Waals surface area contributed by atoms with Crippen LogP contribution in [0.1, 0.15) is 33.4 Å². The molecule has 7 rings (SSSR count). The topological polar surface area (TPSA) is 17.1 Å². The fraction of sp³-hybridized carbons (Fsp3) is 0.0294. The molecule has 0 bridgehead atoms. The highest BCUT2D eigenvalue weighted by Gasteiger charge is 2.53. The summed E-state index contributed by atoms with van der Waals surface area (Å²) in [4.78, 5) is 15.5. The zero-order valence-electron chi connectivity index (χ0n) is 19.5. The smallest absolute Gasteiger partial charge is 0.175 e. The summed E-state index contributed by atoms with van der Waals surface area (Å²) >= 11 is 1.73. The second-order valence-electron chi connectivity index (χ2n) is 9.25. The van der Waals surface area contributed by atoms with Crippen LogP contribution in [0, 0.1) is 0 Å². The van der Waals surface area contributed by atoms with Crippen LogP contribution in [0.5, 0.6) is 0 Å². The van der Waals surface area contributed by atoms with E-state index in [1.165, 1.54) is 10.4 Å². The maximum Gasteiger partial charge on any atom is 0.175 e. The second kappa shape index (κ2) is 8.15. The van der Waals surface area contributed by atoms with E-state index in [-0.39, 0.29) is 5.78 Å². The van der Waals surface area contributed by atoms with E-state index in [4.69, 9.17) is 0 Å². The third-order valence-corrected chi connectivity index (χ3v) is 8.31. The fourth-order valence-corrected chi connectivity index (χ4v) is 6.68. The Kier molecular flexibility index (Phi) is 4.77. The van der Waals surface area contributed by atoms with Gasteiger partial charge in [-0.25, -0.2) is 0 Å². The molecule has 0 saturated carbocycles. The summed E-state index contributed by atoms with van der Waals surface area (Å²) in [5.41, 5.74) is 9.00. The third kappa shape index (κ3) is 2.92. The lowest BCUT2D eigenvalue weighted by molar-refractivity contribution is -0.116. The average molecular weight is 479 g/mol. The molecule has 5 aromatic rings.